The Labute approximate surface area is 165 Å². The molecular weight excluding hydrogens is 431 g/mol. The first kappa shape index (κ1) is 23.5. The summed E-state index contributed by atoms with van der Waals surface area (Å²) in [5, 5.41) is 1.61. The van der Waals surface area contributed by atoms with Crippen LogP contribution in [0, 0.1) is 0 Å². The summed E-state index contributed by atoms with van der Waals surface area (Å²) < 4.78 is 7.71. The van der Waals surface area contributed by atoms with E-state index in [-0.39, 0.29) is 5.91 Å². The van der Waals surface area contributed by atoms with Crippen LogP contribution in [0.2, 0.25) is 0 Å². The fraction of sp³-hybridized carbons (Fsp3) is 0.500. The molecule has 0 aromatic heterocycles. The lowest BCUT2D eigenvalue weighted by molar-refractivity contribution is -0.118. The number of amides is 1. The molecule has 25 heavy (non-hydrogen) atoms. The number of hydrogen-bond acceptors (Lipinski definition) is 5. The number of hydrogen-bond donors (Lipinski definition) is 3. The molecule has 1 aromatic carbocycles. The second-order valence-electron chi connectivity index (χ2n) is 5.23. The van der Waals surface area contributed by atoms with Crippen LogP contribution >= 0.6 is 22.9 Å². The van der Waals surface area contributed by atoms with Crippen molar-refractivity contribution in [3.05, 3.63) is 36.0 Å². The van der Waals surface area contributed by atoms with Gasteiger partial charge in [-0.2, -0.15) is 0 Å². The molecule has 0 atom stereocenters. The van der Waals surface area contributed by atoms with Crippen molar-refractivity contribution >= 4 is 34.5 Å². The first-order valence-corrected chi connectivity index (χ1v) is 9.67. The molecule has 0 aliphatic heterocycles. The van der Waals surface area contributed by atoms with E-state index in [0.717, 1.165) is 43.5 Å². The van der Waals surface area contributed by atoms with Gasteiger partial charge >= 0.3 is 0 Å². The Morgan fingerprint density at radius 2 is 1.80 bits per heavy atom. The van der Waals surface area contributed by atoms with Gasteiger partial charge in [0.25, 0.3) is 0 Å². The summed E-state index contributed by atoms with van der Waals surface area (Å²) in [6.45, 7) is 4.73. The molecule has 0 radical (unpaired) electrons. The number of methoxy groups -OCH3 is 1. The van der Waals surface area contributed by atoms with Crippen LogP contribution < -0.4 is 19.8 Å². The Kier molecular flexibility index (Phi) is 14.0. The van der Waals surface area contributed by atoms with E-state index in [1.165, 1.54) is 0 Å². The molecule has 0 fully saturated rings. The molecule has 6 nitrogen and oxygen atoms in total. The van der Waals surface area contributed by atoms with Gasteiger partial charge in [0, 0.05) is 19.2 Å². The molecule has 7 heteroatoms. The molecule has 0 aliphatic carbocycles. The number of ether oxygens (including phenoxy) is 1. The van der Waals surface area contributed by atoms with Crippen LogP contribution in [0.1, 0.15) is 51.5 Å². The standard InChI is InChI=1S/C16H25IN4O2.C2H6/c1-23-14-9-7-13(8-10-14)15(18)12-21(19)11-5-3-2-4-6-16(22)20-17;1-2/h7-10,12H,2-6,11,18-19H2,1H3,(H,20,22);1-2H3/b15-12-;. The third kappa shape index (κ3) is 10.9. The van der Waals surface area contributed by atoms with E-state index in [4.69, 9.17) is 16.3 Å². The first-order chi connectivity index (χ1) is 12.1. The van der Waals surface area contributed by atoms with Crippen LogP contribution in [0.25, 0.3) is 5.70 Å². The Hall–Kier alpha value is -1.48. The van der Waals surface area contributed by atoms with E-state index in [1.807, 2.05) is 61.0 Å². The largest absolute Gasteiger partial charge is 0.497 e. The summed E-state index contributed by atoms with van der Waals surface area (Å²) >= 11 is 1.86. The highest BCUT2D eigenvalue weighted by Crippen LogP contribution is 2.15. The normalized spacial score (nSPS) is 10.5. The summed E-state index contributed by atoms with van der Waals surface area (Å²) in [6, 6.07) is 7.53. The summed E-state index contributed by atoms with van der Waals surface area (Å²) in [5.41, 5.74) is 7.57. The van der Waals surface area contributed by atoms with Gasteiger partial charge in [0.1, 0.15) is 5.75 Å². The Morgan fingerprint density at radius 3 is 2.36 bits per heavy atom. The predicted octanol–water partition coefficient (Wildman–Crippen LogP) is 3.57. The van der Waals surface area contributed by atoms with E-state index in [0.29, 0.717) is 12.1 Å². The molecule has 0 saturated carbocycles. The van der Waals surface area contributed by atoms with Gasteiger partial charge in [-0.25, -0.2) is 5.84 Å². The van der Waals surface area contributed by atoms with Crippen LogP contribution in [-0.4, -0.2) is 24.6 Å². The molecule has 1 aromatic rings. The van der Waals surface area contributed by atoms with Crippen molar-refractivity contribution in [3.8, 4) is 5.75 Å². The summed E-state index contributed by atoms with van der Waals surface area (Å²) in [5.74, 6) is 6.82. The van der Waals surface area contributed by atoms with Gasteiger partial charge in [-0.1, -0.05) is 26.7 Å². The zero-order chi connectivity index (χ0) is 19.1. The van der Waals surface area contributed by atoms with Crippen molar-refractivity contribution in [2.75, 3.05) is 13.7 Å². The summed E-state index contributed by atoms with van der Waals surface area (Å²) in [4.78, 5) is 11.1. The summed E-state index contributed by atoms with van der Waals surface area (Å²) in [6.07, 6.45) is 6.26. The number of carbonyl (C=O) groups excluding carboxylic acids is 1. The third-order valence-electron chi connectivity index (χ3n) is 3.40. The Bertz CT molecular complexity index is 506. The van der Waals surface area contributed by atoms with Gasteiger partial charge < -0.3 is 15.5 Å². The maximum atomic E-state index is 11.1. The molecular formula is C18H31IN4O2. The minimum absolute atomic E-state index is 0.0845. The highest BCUT2D eigenvalue weighted by atomic mass is 127. The Morgan fingerprint density at radius 1 is 1.20 bits per heavy atom. The topological polar surface area (TPSA) is 93.6 Å². The van der Waals surface area contributed by atoms with Crippen LogP contribution in [0.15, 0.2) is 30.5 Å². The maximum Gasteiger partial charge on any atom is 0.228 e. The van der Waals surface area contributed by atoms with Gasteiger partial charge in [0.05, 0.1) is 35.7 Å². The molecule has 0 aliphatic rings. The average molecular weight is 462 g/mol. The Balaban J connectivity index is 0.00000277. The first-order valence-electron chi connectivity index (χ1n) is 8.59. The number of carbonyl (C=O) groups is 1. The molecule has 0 spiro atoms. The fourth-order valence-corrected chi connectivity index (χ4v) is 2.35. The maximum absolute atomic E-state index is 11.1. The molecule has 0 saturated heterocycles. The quantitative estimate of drug-likeness (QED) is 0.163. The predicted molar refractivity (Wildman–Crippen MR) is 113 cm³/mol. The second-order valence-corrected chi connectivity index (χ2v) is 5.77. The van der Waals surface area contributed by atoms with Gasteiger partial charge in [0.15, 0.2) is 0 Å². The zero-order valence-corrected chi connectivity index (χ0v) is 17.6. The number of rotatable bonds is 10. The number of nitrogens with two attached hydrogens (primary N) is 2. The molecule has 1 rings (SSSR count). The van der Waals surface area contributed by atoms with E-state index >= 15 is 0 Å². The van der Waals surface area contributed by atoms with Crippen molar-refractivity contribution in [1.82, 2.24) is 8.54 Å². The minimum atomic E-state index is 0.0845. The molecule has 142 valence electrons. The number of hydrazine groups is 1. The molecule has 0 heterocycles. The van der Waals surface area contributed by atoms with Crippen LogP contribution in [0.3, 0.4) is 0 Å². The van der Waals surface area contributed by atoms with Crippen LogP contribution in [0.4, 0.5) is 0 Å². The lowest BCUT2D eigenvalue weighted by atomic mass is 10.1. The van der Waals surface area contributed by atoms with Crippen molar-refractivity contribution < 1.29 is 9.53 Å². The molecule has 0 unspecified atom stereocenters. The fourth-order valence-electron chi connectivity index (χ4n) is 2.08. The zero-order valence-electron chi connectivity index (χ0n) is 15.4. The number of nitrogens with one attached hydrogen (secondary N) is 1. The number of unbranched alkanes of at least 4 members (excludes halogenated alkanes) is 3. The van der Waals surface area contributed by atoms with Gasteiger partial charge in [-0.05, 0) is 42.7 Å². The van der Waals surface area contributed by atoms with E-state index in [2.05, 4.69) is 3.53 Å². The number of benzene rings is 1. The van der Waals surface area contributed by atoms with Crippen molar-refractivity contribution in [2.45, 2.75) is 46.0 Å². The third-order valence-corrected chi connectivity index (χ3v) is 4.01. The minimum Gasteiger partial charge on any atom is -0.497 e. The van der Waals surface area contributed by atoms with Crippen LogP contribution in [0.5, 0.6) is 5.75 Å². The van der Waals surface area contributed by atoms with E-state index in [9.17, 15) is 4.79 Å². The molecule has 1 amide bonds. The molecule has 0 bridgehead atoms. The van der Waals surface area contributed by atoms with Gasteiger partial charge in [-0.3, -0.25) is 8.32 Å². The summed E-state index contributed by atoms with van der Waals surface area (Å²) in [7, 11) is 1.63. The molecule has 5 N–H and O–H groups in total. The highest BCUT2D eigenvalue weighted by Gasteiger charge is 2.01. The van der Waals surface area contributed by atoms with Gasteiger partial charge in [-0.15, -0.1) is 0 Å². The highest BCUT2D eigenvalue weighted by molar-refractivity contribution is 14.1. The van der Waals surface area contributed by atoms with Crippen molar-refractivity contribution in [2.24, 2.45) is 11.6 Å². The SMILES string of the molecule is CC.COc1ccc(/C(N)=C/N(N)CCCCCCC(=O)NI)cc1. The smallest absolute Gasteiger partial charge is 0.228 e. The van der Waals surface area contributed by atoms with Crippen LogP contribution in [-0.2, 0) is 4.79 Å². The lowest BCUT2D eigenvalue weighted by Gasteiger charge is -2.15. The van der Waals surface area contributed by atoms with Crippen molar-refractivity contribution in [1.29, 1.82) is 0 Å². The van der Waals surface area contributed by atoms with Crippen molar-refractivity contribution in [3.63, 3.8) is 0 Å². The van der Waals surface area contributed by atoms with E-state index < -0.39 is 0 Å². The average Bonchev–Trinajstić information content (AvgIpc) is 2.65. The second kappa shape index (κ2) is 14.8. The van der Waals surface area contributed by atoms with E-state index in [1.54, 1.807) is 18.3 Å². The lowest BCUT2D eigenvalue weighted by Crippen LogP contribution is -2.27. The van der Waals surface area contributed by atoms with Gasteiger partial charge in [0.2, 0.25) is 5.91 Å². The number of nitrogens with zero attached hydrogens (tertiary/aromatic N) is 1. The monoisotopic (exact) mass is 462 g/mol. The number of halogens is 1.